The van der Waals surface area contributed by atoms with Gasteiger partial charge in [0.2, 0.25) is 0 Å². The number of ether oxygens (including phenoxy) is 1. The van der Waals surface area contributed by atoms with Crippen molar-refractivity contribution in [1.82, 2.24) is 10.2 Å². The molecule has 1 rings (SSSR count). The maximum Gasteiger partial charge on any atom is 0.327 e. The van der Waals surface area contributed by atoms with Crippen molar-refractivity contribution in [2.45, 2.75) is 38.5 Å². The first-order valence-corrected chi connectivity index (χ1v) is 5.81. The highest BCUT2D eigenvalue weighted by molar-refractivity contribution is 5.82. The summed E-state index contributed by atoms with van der Waals surface area (Å²) < 4.78 is 5.50. The number of carbonyl (C=O) groups is 2. The van der Waals surface area contributed by atoms with Crippen LogP contribution in [-0.4, -0.2) is 53.3 Å². The van der Waals surface area contributed by atoms with Crippen molar-refractivity contribution in [3.05, 3.63) is 0 Å². The van der Waals surface area contributed by atoms with E-state index in [1.165, 1.54) is 0 Å². The Kier molecular flexibility index (Phi) is 4.98. The van der Waals surface area contributed by atoms with E-state index in [2.05, 4.69) is 11.2 Å². The monoisotopic (exact) mass is 254 g/mol. The van der Waals surface area contributed by atoms with Gasteiger partial charge in [0, 0.05) is 19.5 Å². The van der Waals surface area contributed by atoms with Crippen molar-refractivity contribution in [2.75, 3.05) is 13.1 Å². The number of aliphatic carboxylic acids is 1. The number of nitrogens with one attached hydrogen (secondary N) is 1. The van der Waals surface area contributed by atoms with Crippen LogP contribution in [0.2, 0.25) is 0 Å². The number of nitrogens with zero attached hydrogens (tertiary/aromatic N) is 1. The van der Waals surface area contributed by atoms with Crippen LogP contribution in [0.3, 0.4) is 0 Å². The lowest BCUT2D eigenvalue weighted by Gasteiger charge is -2.35. The number of hydrogen-bond donors (Lipinski definition) is 2. The standard InChI is InChI=1S/C12H18N2O4/c1-4-5-10(11(15)16)13-12(17)14-6-8(2)18-9(3)7-14/h1,8-10H,5-7H2,2-3H3,(H,13,17)(H,15,16)/t8-,9+,10?. The SMILES string of the molecule is C#CCC(NC(=O)N1C[C@@H](C)O[C@@H](C)C1)C(=O)O. The maximum absolute atomic E-state index is 11.9. The van der Waals surface area contributed by atoms with Gasteiger partial charge in [0.05, 0.1) is 12.2 Å². The lowest BCUT2D eigenvalue weighted by molar-refractivity contribution is -0.139. The molecule has 6 heteroatoms. The molecule has 0 saturated carbocycles. The molecule has 18 heavy (non-hydrogen) atoms. The fourth-order valence-electron chi connectivity index (χ4n) is 1.90. The van der Waals surface area contributed by atoms with Gasteiger partial charge in [-0.3, -0.25) is 0 Å². The molecule has 0 aromatic carbocycles. The molecule has 0 aliphatic carbocycles. The van der Waals surface area contributed by atoms with Crippen molar-refractivity contribution in [3.63, 3.8) is 0 Å². The number of hydrogen-bond acceptors (Lipinski definition) is 3. The van der Waals surface area contributed by atoms with E-state index in [1.807, 2.05) is 13.8 Å². The first-order chi connectivity index (χ1) is 8.43. The van der Waals surface area contributed by atoms with Crippen molar-refractivity contribution < 1.29 is 19.4 Å². The smallest absolute Gasteiger partial charge is 0.327 e. The number of urea groups is 1. The van der Waals surface area contributed by atoms with Crippen LogP contribution in [0.15, 0.2) is 0 Å². The molecule has 0 aromatic heterocycles. The van der Waals surface area contributed by atoms with Gasteiger partial charge in [0.15, 0.2) is 0 Å². The number of morpholine rings is 1. The predicted octanol–water partition coefficient (Wildman–Crippen LogP) is 0.282. The van der Waals surface area contributed by atoms with E-state index in [-0.39, 0.29) is 18.6 Å². The molecular weight excluding hydrogens is 236 g/mol. The Morgan fingerprint density at radius 2 is 2.06 bits per heavy atom. The van der Waals surface area contributed by atoms with E-state index in [0.717, 1.165) is 0 Å². The van der Waals surface area contributed by atoms with Crippen LogP contribution in [0, 0.1) is 12.3 Å². The molecule has 2 N–H and O–H groups in total. The van der Waals surface area contributed by atoms with Gasteiger partial charge in [0.25, 0.3) is 0 Å². The van der Waals surface area contributed by atoms with E-state index in [4.69, 9.17) is 16.3 Å². The van der Waals surface area contributed by atoms with Crippen LogP contribution < -0.4 is 5.32 Å². The summed E-state index contributed by atoms with van der Waals surface area (Å²) in [5, 5.41) is 11.3. The third-order valence-electron chi connectivity index (χ3n) is 2.62. The Labute approximate surface area is 106 Å². The molecule has 0 bridgehead atoms. The summed E-state index contributed by atoms with van der Waals surface area (Å²) in [6.45, 7) is 4.62. The molecule has 0 spiro atoms. The Hall–Kier alpha value is -1.74. The molecule has 1 unspecified atom stereocenters. The van der Waals surface area contributed by atoms with Crippen LogP contribution in [-0.2, 0) is 9.53 Å². The van der Waals surface area contributed by atoms with Gasteiger partial charge in [0.1, 0.15) is 6.04 Å². The summed E-state index contributed by atoms with van der Waals surface area (Å²) >= 11 is 0. The molecule has 1 fully saturated rings. The van der Waals surface area contributed by atoms with Gasteiger partial charge in [-0.25, -0.2) is 9.59 Å². The number of amides is 2. The minimum Gasteiger partial charge on any atom is -0.480 e. The first kappa shape index (κ1) is 14.3. The molecule has 1 aliphatic heterocycles. The molecular formula is C12H18N2O4. The van der Waals surface area contributed by atoms with Crippen molar-refractivity contribution >= 4 is 12.0 Å². The Bertz CT molecular complexity index is 354. The molecule has 6 nitrogen and oxygen atoms in total. The molecule has 100 valence electrons. The van der Waals surface area contributed by atoms with Gasteiger partial charge in [-0.15, -0.1) is 12.3 Å². The van der Waals surface area contributed by atoms with E-state index in [1.54, 1.807) is 4.90 Å². The number of carbonyl (C=O) groups excluding carboxylic acids is 1. The Balaban J connectivity index is 2.58. The lowest BCUT2D eigenvalue weighted by Crippen LogP contribution is -2.54. The minimum atomic E-state index is -1.13. The lowest BCUT2D eigenvalue weighted by atomic mass is 10.2. The van der Waals surface area contributed by atoms with E-state index < -0.39 is 18.0 Å². The minimum absolute atomic E-state index is 0.0312. The summed E-state index contributed by atoms with van der Waals surface area (Å²) in [4.78, 5) is 24.3. The Morgan fingerprint density at radius 1 is 1.50 bits per heavy atom. The normalized spacial score (nSPS) is 25.1. The molecule has 3 atom stereocenters. The van der Waals surface area contributed by atoms with Gasteiger partial charge >= 0.3 is 12.0 Å². The Morgan fingerprint density at radius 3 is 2.50 bits per heavy atom. The van der Waals surface area contributed by atoms with Crippen LogP contribution in [0.5, 0.6) is 0 Å². The molecule has 1 saturated heterocycles. The van der Waals surface area contributed by atoms with Gasteiger partial charge in [-0.1, -0.05) is 0 Å². The second-order valence-corrected chi connectivity index (χ2v) is 4.41. The summed E-state index contributed by atoms with van der Waals surface area (Å²) in [7, 11) is 0. The maximum atomic E-state index is 11.9. The predicted molar refractivity (Wildman–Crippen MR) is 65.0 cm³/mol. The van der Waals surface area contributed by atoms with Crippen molar-refractivity contribution in [1.29, 1.82) is 0 Å². The highest BCUT2D eigenvalue weighted by Gasteiger charge is 2.28. The second kappa shape index (κ2) is 6.26. The summed E-state index contributed by atoms with van der Waals surface area (Å²) in [6, 6.07) is -1.46. The molecule has 0 radical (unpaired) electrons. The third kappa shape index (κ3) is 3.93. The van der Waals surface area contributed by atoms with Crippen LogP contribution in [0.1, 0.15) is 20.3 Å². The van der Waals surface area contributed by atoms with Crippen molar-refractivity contribution in [2.24, 2.45) is 0 Å². The topological polar surface area (TPSA) is 78.9 Å². The molecule has 1 heterocycles. The summed E-state index contributed by atoms with van der Waals surface area (Å²) in [5.74, 6) is 1.11. The van der Waals surface area contributed by atoms with Crippen LogP contribution in [0.25, 0.3) is 0 Å². The van der Waals surface area contributed by atoms with E-state index in [0.29, 0.717) is 13.1 Å². The quantitative estimate of drug-likeness (QED) is 0.709. The van der Waals surface area contributed by atoms with E-state index in [9.17, 15) is 9.59 Å². The van der Waals surface area contributed by atoms with Crippen LogP contribution in [0.4, 0.5) is 4.79 Å². The van der Waals surface area contributed by atoms with Gasteiger partial charge in [-0.05, 0) is 13.8 Å². The number of terminal acetylenes is 1. The first-order valence-electron chi connectivity index (χ1n) is 5.81. The third-order valence-corrected chi connectivity index (χ3v) is 2.62. The summed E-state index contributed by atoms with van der Waals surface area (Å²) in [5.41, 5.74) is 0. The average Bonchev–Trinajstić information content (AvgIpc) is 2.26. The molecule has 1 aliphatic rings. The number of rotatable bonds is 3. The van der Waals surface area contributed by atoms with E-state index >= 15 is 0 Å². The largest absolute Gasteiger partial charge is 0.480 e. The zero-order valence-corrected chi connectivity index (χ0v) is 10.5. The van der Waals surface area contributed by atoms with Gasteiger partial charge in [-0.2, -0.15) is 0 Å². The number of carboxylic acids is 1. The molecule has 2 amide bonds. The van der Waals surface area contributed by atoms with Crippen molar-refractivity contribution in [3.8, 4) is 12.3 Å². The zero-order chi connectivity index (χ0) is 13.7. The fourth-order valence-corrected chi connectivity index (χ4v) is 1.90. The zero-order valence-electron chi connectivity index (χ0n) is 10.5. The average molecular weight is 254 g/mol. The van der Waals surface area contributed by atoms with Crippen LogP contribution >= 0.6 is 0 Å². The highest BCUT2D eigenvalue weighted by atomic mass is 16.5. The fraction of sp³-hybridized carbons (Fsp3) is 0.667. The number of carboxylic acid groups (broad SMARTS) is 1. The summed E-state index contributed by atoms with van der Waals surface area (Å²) in [6.07, 6.45) is 4.92. The van der Waals surface area contributed by atoms with Gasteiger partial charge < -0.3 is 20.1 Å². The molecule has 0 aromatic rings. The highest BCUT2D eigenvalue weighted by Crippen LogP contribution is 2.10. The second-order valence-electron chi connectivity index (χ2n) is 4.41.